The molecule has 0 fully saturated rings. The number of carbonyl (C=O) groups is 1. The van der Waals surface area contributed by atoms with Crippen molar-refractivity contribution < 1.29 is 13.6 Å². The first-order chi connectivity index (χ1) is 15.0. The van der Waals surface area contributed by atoms with Gasteiger partial charge in [0.05, 0.1) is 21.9 Å². The number of para-hydroxylation sites is 2. The molecule has 1 amide bonds. The van der Waals surface area contributed by atoms with Crippen molar-refractivity contribution in [3.05, 3.63) is 59.9 Å². The molecule has 0 spiro atoms. The van der Waals surface area contributed by atoms with Crippen molar-refractivity contribution in [1.82, 2.24) is 19.9 Å². The van der Waals surface area contributed by atoms with Gasteiger partial charge in [-0.1, -0.05) is 37.3 Å². The van der Waals surface area contributed by atoms with Crippen LogP contribution in [0.25, 0.3) is 21.3 Å². The van der Waals surface area contributed by atoms with Gasteiger partial charge in [-0.25, -0.2) is 18.7 Å². The molecule has 2 heterocycles. The summed E-state index contributed by atoms with van der Waals surface area (Å²) < 4.78 is 28.2. The second kappa shape index (κ2) is 8.99. The molecule has 160 valence electrons. The van der Waals surface area contributed by atoms with Crippen molar-refractivity contribution in [3.63, 3.8) is 0 Å². The van der Waals surface area contributed by atoms with Gasteiger partial charge in [-0.05, 0) is 31.3 Å². The smallest absolute Gasteiger partial charge is 0.280 e. The molecule has 0 bridgehead atoms. The number of likely N-dealkylation sites (N-methyl/N-ethyl adjacent to an activating group) is 1. The van der Waals surface area contributed by atoms with Crippen LogP contribution in [-0.4, -0.2) is 51.9 Å². The maximum absolute atomic E-state index is 14.2. The zero-order valence-electron chi connectivity index (χ0n) is 17.2. The summed E-state index contributed by atoms with van der Waals surface area (Å²) in [6.07, 6.45) is 1.43. The Morgan fingerprint density at radius 1 is 1.03 bits per heavy atom. The molecule has 0 aliphatic carbocycles. The van der Waals surface area contributed by atoms with E-state index in [-0.39, 0.29) is 17.1 Å². The van der Waals surface area contributed by atoms with Gasteiger partial charge >= 0.3 is 0 Å². The minimum atomic E-state index is -0.751. The molecular weight excluding hydrogens is 420 g/mol. The molecule has 4 aromatic rings. The van der Waals surface area contributed by atoms with E-state index in [0.29, 0.717) is 34.0 Å². The van der Waals surface area contributed by atoms with Crippen LogP contribution in [0.5, 0.6) is 0 Å². The number of fused-ring (bicyclic) bond motifs is 2. The topological polar surface area (TPSA) is 62.2 Å². The lowest BCUT2D eigenvalue weighted by molar-refractivity contribution is 0.0979. The Bertz CT molecular complexity index is 1240. The quantitative estimate of drug-likeness (QED) is 0.422. The van der Waals surface area contributed by atoms with E-state index in [4.69, 9.17) is 0 Å². The summed E-state index contributed by atoms with van der Waals surface area (Å²) in [7, 11) is 0. The van der Waals surface area contributed by atoms with Crippen LogP contribution in [0.2, 0.25) is 0 Å². The Labute approximate surface area is 182 Å². The molecule has 0 N–H and O–H groups in total. The maximum atomic E-state index is 14.2. The highest BCUT2D eigenvalue weighted by molar-refractivity contribution is 7.22. The average Bonchev–Trinajstić information content (AvgIpc) is 3.20. The predicted molar refractivity (Wildman–Crippen MR) is 119 cm³/mol. The third-order valence-corrected chi connectivity index (χ3v) is 6.11. The average molecular weight is 442 g/mol. The normalized spacial score (nSPS) is 11.5. The number of carbonyl (C=O) groups excluding carboxylic acids is 1. The number of halogens is 2. The SMILES string of the molecule is CCN(CC)CCN(C(=O)c1cnc2ccccc2n1)c1nc2c(F)cc(F)cc2s1. The van der Waals surface area contributed by atoms with Crippen molar-refractivity contribution in [2.24, 2.45) is 0 Å². The van der Waals surface area contributed by atoms with E-state index >= 15 is 0 Å². The van der Waals surface area contributed by atoms with E-state index in [1.54, 1.807) is 6.07 Å². The fourth-order valence-corrected chi connectivity index (χ4v) is 4.35. The zero-order valence-corrected chi connectivity index (χ0v) is 18.0. The summed E-state index contributed by atoms with van der Waals surface area (Å²) in [6, 6.07) is 9.30. The predicted octanol–water partition coefficient (Wildman–Crippen LogP) is 4.51. The number of amides is 1. The van der Waals surface area contributed by atoms with Crippen LogP contribution in [0.3, 0.4) is 0 Å². The highest BCUT2D eigenvalue weighted by atomic mass is 32.1. The van der Waals surface area contributed by atoms with Gasteiger partial charge in [0, 0.05) is 19.2 Å². The number of thiazole rings is 1. The van der Waals surface area contributed by atoms with Crippen LogP contribution >= 0.6 is 11.3 Å². The molecule has 2 aromatic heterocycles. The number of anilines is 1. The first kappa shape index (κ1) is 21.2. The van der Waals surface area contributed by atoms with Crippen molar-refractivity contribution in [2.75, 3.05) is 31.1 Å². The lowest BCUT2D eigenvalue weighted by Crippen LogP contribution is -2.39. The van der Waals surface area contributed by atoms with Crippen LogP contribution in [0.15, 0.2) is 42.6 Å². The van der Waals surface area contributed by atoms with Crippen LogP contribution in [-0.2, 0) is 0 Å². The molecule has 6 nitrogen and oxygen atoms in total. The zero-order chi connectivity index (χ0) is 22.0. The van der Waals surface area contributed by atoms with Gasteiger partial charge in [-0.2, -0.15) is 0 Å². The number of aromatic nitrogens is 3. The molecule has 31 heavy (non-hydrogen) atoms. The first-order valence-electron chi connectivity index (χ1n) is 10.0. The minimum absolute atomic E-state index is 0.0478. The van der Waals surface area contributed by atoms with Gasteiger partial charge in [0.25, 0.3) is 5.91 Å². The van der Waals surface area contributed by atoms with Crippen molar-refractivity contribution >= 4 is 43.6 Å². The Hall–Kier alpha value is -3.04. The van der Waals surface area contributed by atoms with Gasteiger partial charge in [-0.3, -0.25) is 14.7 Å². The molecule has 4 rings (SSSR count). The Morgan fingerprint density at radius 2 is 1.77 bits per heavy atom. The fraction of sp³-hybridized carbons (Fsp3) is 0.273. The van der Waals surface area contributed by atoms with Crippen LogP contribution in [0.4, 0.5) is 13.9 Å². The highest BCUT2D eigenvalue weighted by Gasteiger charge is 2.24. The molecular formula is C22H21F2N5OS. The second-order valence-corrected chi connectivity index (χ2v) is 7.97. The van der Waals surface area contributed by atoms with Crippen molar-refractivity contribution in [3.8, 4) is 0 Å². The Balaban J connectivity index is 1.74. The van der Waals surface area contributed by atoms with Gasteiger partial charge < -0.3 is 4.90 Å². The Kier molecular flexibility index (Phi) is 6.15. The van der Waals surface area contributed by atoms with E-state index < -0.39 is 11.6 Å². The summed E-state index contributed by atoms with van der Waals surface area (Å²) >= 11 is 1.07. The molecule has 0 aliphatic rings. The molecule has 0 aliphatic heterocycles. The second-order valence-electron chi connectivity index (χ2n) is 6.96. The Morgan fingerprint density at radius 3 is 2.52 bits per heavy atom. The first-order valence-corrected chi connectivity index (χ1v) is 10.8. The summed E-state index contributed by atoms with van der Waals surface area (Å²) in [5, 5.41) is 0.298. The minimum Gasteiger partial charge on any atom is -0.302 e. The lowest BCUT2D eigenvalue weighted by atomic mass is 10.3. The van der Waals surface area contributed by atoms with Crippen molar-refractivity contribution in [2.45, 2.75) is 13.8 Å². The summed E-state index contributed by atoms with van der Waals surface area (Å²) in [4.78, 5) is 30.1. The largest absolute Gasteiger partial charge is 0.302 e. The van der Waals surface area contributed by atoms with E-state index in [9.17, 15) is 13.6 Å². The summed E-state index contributed by atoms with van der Waals surface area (Å²) in [6.45, 7) is 6.67. The fourth-order valence-electron chi connectivity index (χ4n) is 3.32. The van der Waals surface area contributed by atoms with Gasteiger partial charge in [0.1, 0.15) is 17.0 Å². The number of hydrogen-bond donors (Lipinski definition) is 0. The monoisotopic (exact) mass is 441 g/mol. The van der Waals surface area contributed by atoms with Gasteiger partial charge in [0.2, 0.25) is 0 Å². The third kappa shape index (κ3) is 4.38. The highest BCUT2D eigenvalue weighted by Crippen LogP contribution is 2.32. The number of hydrogen-bond acceptors (Lipinski definition) is 6. The molecule has 0 radical (unpaired) electrons. The van der Waals surface area contributed by atoms with E-state index in [1.165, 1.54) is 17.2 Å². The van der Waals surface area contributed by atoms with Crippen LogP contribution in [0.1, 0.15) is 24.3 Å². The molecule has 2 aromatic carbocycles. The van der Waals surface area contributed by atoms with Gasteiger partial charge in [0.15, 0.2) is 10.9 Å². The number of rotatable bonds is 7. The van der Waals surface area contributed by atoms with Gasteiger partial charge in [-0.15, -0.1) is 0 Å². The van der Waals surface area contributed by atoms with E-state index in [0.717, 1.165) is 30.5 Å². The molecule has 0 unspecified atom stereocenters. The van der Waals surface area contributed by atoms with Crippen LogP contribution in [0, 0.1) is 11.6 Å². The summed E-state index contributed by atoms with van der Waals surface area (Å²) in [5.41, 5.74) is 1.51. The standard InChI is InChI=1S/C22H21F2N5OS/c1-3-28(4-2)9-10-29(22-27-20-15(24)11-14(23)12-19(20)31-22)21(30)18-13-25-16-7-5-6-8-17(16)26-18/h5-8,11-13H,3-4,9-10H2,1-2H3. The molecule has 9 heteroatoms. The third-order valence-electron chi connectivity index (χ3n) is 5.08. The van der Waals surface area contributed by atoms with E-state index in [2.05, 4.69) is 19.9 Å². The van der Waals surface area contributed by atoms with Crippen LogP contribution < -0.4 is 4.90 Å². The van der Waals surface area contributed by atoms with E-state index in [1.807, 2.05) is 32.0 Å². The van der Waals surface area contributed by atoms with Crippen molar-refractivity contribution in [1.29, 1.82) is 0 Å². The number of nitrogens with zero attached hydrogens (tertiary/aromatic N) is 5. The molecule has 0 atom stereocenters. The lowest BCUT2D eigenvalue weighted by Gasteiger charge is -2.24. The number of benzene rings is 2. The summed E-state index contributed by atoms with van der Waals surface area (Å²) in [5.74, 6) is -1.81. The molecule has 0 saturated heterocycles. The molecule has 0 saturated carbocycles. The maximum Gasteiger partial charge on any atom is 0.280 e.